The summed E-state index contributed by atoms with van der Waals surface area (Å²) in [6.07, 6.45) is -0.179. The fraction of sp³-hybridized carbons (Fsp3) is 0.429. The van der Waals surface area contributed by atoms with Crippen molar-refractivity contribution in [1.82, 2.24) is 0 Å². The van der Waals surface area contributed by atoms with Gasteiger partial charge in [0.2, 0.25) is 0 Å². The summed E-state index contributed by atoms with van der Waals surface area (Å²) < 4.78 is 15.1. The van der Waals surface area contributed by atoms with E-state index in [4.69, 9.17) is 14.2 Å². The second kappa shape index (κ2) is 7.41. The molecule has 0 fully saturated rings. The second-order valence-electron chi connectivity index (χ2n) is 4.08. The zero-order chi connectivity index (χ0) is 14.3. The maximum Gasteiger partial charge on any atom is 0.344 e. The number of hydrogen-bond donors (Lipinski definition) is 0. The summed E-state index contributed by atoms with van der Waals surface area (Å²) in [5.74, 6) is -0.444. The van der Waals surface area contributed by atoms with Crippen LogP contribution in [0.4, 0.5) is 0 Å². The highest BCUT2D eigenvalue weighted by Crippen LogP contribution is 2.14. The van der Waals surface area contributed by atoms with Gasteiger partial charge >= 0.3 is 11.9 Å². The lowest BCUT2D eigenvalue weighted by Crippen LogP contribution is -2.18. The normalized spacial score (nSPS) is 10.1. The predicted molar refractivity (Wildman–Crippen MR) is 69.1 cm³/mol. The van der Waals surface area contributed by atoms with Gasteiger partial charge in [0.15, 0.2) is 6.61 Å². The molecule has 0 unspecified atom stereocenters. The lowest BCUT2D eigenvalue weighted by molar-refractivity contribution is -0.149. The second-order valence-corrected chi connectivity index (χ2v) is 4.08. The molecule has 0 aromatic heterocycles. The first-order chi connectivity index (χ1) is 9.02. The summed E-state index contributed by atoms with van der Waals surface area (Å²) in [7, 11) is 0. The lowest BCUT2D eigenvalue weighted by Gasteiger charge is -2.10. The highest BCUT2D eigenvalue weighted by atomic mass is 16.6. The van der Waals surface area contributed by atoms with Crippen LogP contribution in [0.3, 0.4) is 0 Å². The Kier molecular flexibility index (Phi) is 5.85. The third-order valence-corrected chi connectivity index (χ3v) is 2.07. The van der Waals surface area contributed by atoms with Gasteiger partial charge in [0, 0.05) is 0 Å². The fourth-order valence-corrected chi connectivity index (χ4v) is 1.37. The molecule has 0 aliphatic heterocycles. The van der Waals surface area contributed by atoms with Gasteiger partial charge in [-0.25, -0.2) is 9.59 Å². The average molecular weight is 266 g/mol. The van der Waals surface area contributed by atoms with Crippen molar-refractivity contribution in [3.8, 4) is 5.75 Å². The van der Waals surface area contributed by atoms with E-state index in [2.05, 4.69) is 0 Å². The van der Waals surface area contributed by atoms with E-state index in [-0.39, 0.29) is 12.7 Å². The number of esters is 2. The van der Waals surface area contributed by atoms with Gasteiger partial charge in [-0.15, -0.1) is 0 Å². The predicted octanol–water partition coefficient (Wildman–Crippen LogP) is 2.19. The fourth-order valence-electron chi connectivity index (χ4n) is 1.37. The van der Waals surface area contributed by atoms with Crippen molar-refractivity contribution in [3.63, 3.8) is 0 Å². The van der Waals surface area contributed by atoms with Crippen LogP contribution in [0.2, 0.25) is 0 Å². The van der Waals surface area contributed by atoms with Gasteiger partial charge in [-0.05, 0) is 39.0 Å². The molecule has 0 amide bonds. The molecule has 0 atom stereocenters. The van der Waals surface area contributed by atoms with Gasteiger partial charge in [0.25, 0.3) is 0 Å². The van der Waals surface area contributed by atoms with Gasteiger partial charge in [-0.2, -0.15) is 0 Å². The third kappa shape index (κ3) is 5.42. The maximum atomic E-state index is 11.5. The smallest absolute Gasteiger partial charge is 0.344 e. The Morgan fingerprint density at radius 1 is 1.26 bits per heavy atom. The lowest BCUT2D eigenvalue weighted by atomic mass is 10.2. The van der Waals surface area contributed by atoms with Crippen LogP contribution in [0.1, 0.15) is 31.1 Å². The van der Waals surface area contributed by atoms with Gasteiger partial charge < -0.3 is 14.2 Å². The van der Waals surface area contributed by atoms with E-state index in [1.807, 2.05) is 0 Å². The minimum absolute atomic E-state index is 0.179. The third-order valence-electron chi connectivity index (χ3n) is 2.07. The Bertz CT molecular complexity index is 439. The maximum absolute atomic E-state index is 11.5. The Hall–Kier alpha value is -2.04. The van der Waals surface area contributed by atoms with E-state index < -0.39 is 11.9 Å². The number of rotatable bonds is 6. The van der Waals surface area contributed by atoms with Crippen molar-refractivity contribution in [2.45, 2.75) is 26.9 Å². The number of carbonyl (C=O) groups is 2. The van der Waals surface area contributed by atoms with Crippen molar-refractivity contribution in [2.75, 3.05) is 13.2 Å². The molecule has 104 valence electrons. The molecule has 1 rings (SSSR count). The molecular weight excluding hydrogens is 248 g/mol. The summed E-state index contributed by atoms with van der Waals surface area (Å²) in [6, 6.07) is 6.47. The summed E-state index contributed by atoms with van der Waals surface area (Å²) in [4.78, 5) is 22.8. The zero-order valence-corrected chi connectivity index (χ0v) is 11.3. The summed E-state index contributed by atoms with van der Waals surface area (Å²) >= 11 is 0. The molecule has 19 heavy (non-hydrogen) atoms. The topological polar surface area (TPSA) is 61.8 Å². The molecule has 0 bridgehead atoms. The number of benzene rings is 1. The van der Waals surface area contributed by atoms with E-state index in [0.717, 1.165) is 0 Å². The number of ether oxygens (including phenoxy) is 3. The largest absolute Gasteiger partial charge is 0.482 e. The summed E-state index contributed by atoms with van der Waals surface area (Å²) in [6.45, 7) is 5.38. The van der Waals surface area contributed by atoms with E-state index in [1.54, 1.807) is 39.0 Å². The average Bonchev–Trinajstić information content (AvgIpc) is 2.36. The van der Waals surface area contributed by atoms with Gasteiger partial charge in [0.1, 0.15) is 5.75 Å². The highest BCUT2D eigenvalue weighted by molar-refractivity contribution is 5.89. The Morgan fingerprint density at radius 2 is 2.00 bits per heavy atom. The van der Waals surface area contributed by atoms with Crippen molar-refractivity contribution in [2.24, 2.45) is 0 Å². The number of carbonyl (C=O) groups excluding carboxylic acids is 2. The van der Waals surface area contributed by atoms with Crippen molar-refractivity contribution in [3.05, 3.63) is 29.8 Å². The SMILES string of the molecule is CCOC(=O)c1cccc(OCC(=O)OC(C)C)c1. The van der Waals surface area contributed by atoms with Crippen molar-refractivity contribution in [1.29, 1.82) is 0 Å². The number of hydrogen-bond acceptors (Lipinski definition) is 5. The quantitative estimate of drug-likeness (QED) is 0.739. The molecule has 0 heterocycles. The van der Waals surface area contributed by atoms with E-state index in [0.29, 0.717) is 17.9 Å². The minimum atomic E-state index is -0.448. The molecule has 0 saturated carbocycles. The van der Waals surface area contributed by atoms with E-state index in [1.165, 1.54) is 6.07 Å². The molecule has 5 heteroatoms. The minimum Gasteiger partial charge on any atom is -0.482 e. The molecule has 0 aliphatic carbocycles. The monoisotopic (exact) mass is 266 g/mol. The van der Waals surface area contributed by atoms with Gasteiger partial charge in [0.05, 0.1) is 18.3 Å². The first-order valence-electron chi connectivity index (χ1n) is 6.12. The molecule has 1 aromatic rings. The van der Waals surface area contributed by atoms with Gasteiger partial charge in [-0.3, -0.25) is 0 Å². The molecule has 5 nitrogen and oxygen atoms in total. The first kappa shape index (κ1) is 15.0. The van der Waals surface area contributed by atoms with Crippen LogP contribution in [-0.2, 0) is 14.3 Å². The zero-order valence-electron chi connectivity index (χ0n) is 11.3. The molecule has 0 saturated heterocycles. The van der Waals surface area contributed by atoms with E-state index >= 15 is 0 Å². The van der Waals surface area contributed by atoms with Crippen LogP contribution in [0.25, 0.3) is 0 Å². The summed E-state index contributed by atoms with van der Waals surface area (Å²) in [5, 5.41) is 0. The molecule has 0 N–H and O–H groups in total. The molecule has 0 aliphatic rings. The Labute approximate surface area is 112 Å². The van der Waals surface area contributed by atoms with Crippen LogP contribution >= 0.6 is 0 Å². The molecule has 0 radical (unpaired) electrons. The van der Waals surface area contributed by atoms with Crippen LogP contribution in [-0.4, -0.2) is 31.3 Å². The molecule has 0 spiro atoms. The summed E-state index contributed by atoms with van der Waals surface area (Å²) in [5.41, 5.74) is 0.386. The Balaban J connectivity index is 2.57. The molecular formula is C14H18O5. The van der Waals surface area contributed by atoms with Crippen molar-refractivity contribution >= 4 is 11.9 Å². The van der Waals surface area contributed by atoms with Crippen molar-refractivity contribution < 1.29 is 23.8 Å². The van der Waals surface area contributed by atoms with Gasteiger partial charge in [-0.1, -0.05) is 6.07 Å². The Morgan fingerprint density at radius 3 is 2.63 bits per heavy atom. The first-order valence-corrected chi connectivity index (χ1v) is 6.12. The van der Waals surface area contributed by atoms with Crippen LogP contribution in [0, 0.1) is 0 Å². The van der Waals surface area contributed by atoms with Crippen LogP contribution in [0.5, 0.6) is 5.75 Å². The van der Waals surface area contributed by atoms with E-state index in [9.17, 15) is 9.59 Å². The highest BCUT2D eigenvalue weighted by Gasteiger charge is 2.09. The standard InChI is InChI=1S/C14H18O5/c1-4-17-14(16)11-6-5-7-12(8-11)18-9-13(15)19-10(2)3/h5-8,10H,4,9H2,1-3H3. The van der Waals surface area contributed by atoms with Crippen LogP contribution in [0.15, 0.2) is 24.3 Å². The molecule has 1 aromatic carbocycles. The van der Waals surface area contributed by atoms with Crippen LogP contribution < -0.4 is 4.74 Å².